The minimum absolute atomic E-state index is 0.101. The van der Waals surface area contributed by atoms with E-state index in [2.05, 4.69) is 38.7 Å². The summed E-state index contributed by atoms with van der Waals surface area (Å²) in [7, 11) is 1.78. The summed E-state index contributed by atoms with van der Waals surface area (Å²) in [6, 6.07) is 5.62. The quantitative estimate of drug-likeness (QED) is 0.436. The average Bonchev–Trinajstić information content (AvgIpc) is 3.43. The third kappa shape index (κ3) is 4.47. The van der Waals surface area contributed by atoms with Crippen LogP contribution in [0.2, 0.25) is 0 Å². The molecule has 10 heteroatoms. The summed E-state index contributed by atoms with van der Waals surface area (Å²) in [5, 5.41) is 24.6. The van der Waals surface area contributed by atoms with E-state index in [1.165, 1.54) is 11.3 Å². The highest BCUT2D eigenvalue weighted by atomic mass is 16.3. The Hall–Kier alpha value is -4.02. The van der Waals surface area contributed by atoms with Gasteiger partial charge in [0.05, 0.1) is 12.3 Å². The van der Waals surface area contributed by atoms with Gasteiger partial charge in [0.15, 0.2) is 6.23 Å². The molecule has 2 aliphatic heterocycles. The minimum Gasteiger partial charge on any atom is -0.392 e. The molecule has 10 nitrogen and oxygen atoms in total. The molecule has 0 spiro atoms. The summed E-state index contributed by atoms with van der Waals surface area (Å²) in [5.74, 6) is 1.64. The summed E-state index contributed by atoms with van der Waals surface area (Å²) in [4.78, 5) is 30.4. The smallest absolute Gasteiger partial charge is 0.276 e. The molecule has 0 unspecified atom stereocenters. The van der Waals surface area contributed by atoms with Gasteiger partial charge in [-0.1, -0.05) is 20.8 Å². The lowest BCUT2D eigenvalue weighted by atomic mass is 9.90. The predicted octanol–water partition coefficient (Wildman–Crippen LogP) is 3.11. The van der Waals surface area contributed by atoms with Crippen LogP contribution in [0.3, 0.4) is 0 Å². The number of carbonyl (C=O) groups excluding carboxylic acids is 1. The van der Waals surface area contributed by atoms with Crippen LogP contribution in [0.1, 0.15) is 59.5 Å². The number of hydrogen-bond acceptors (Lipinski definition) is 8. The summed E-state index contributed by atoms with van der Waals surface area (Å²) in [6.45, 7) is 7.39. The molecule has 0 saturated heterocycles. The molecule has 208 valence electrons. The Morgan fingerprint density at radius 3 is 2.73 bits per heavy atom. The number of hydrogen-bond donors (Lipinski definition) is 3. The van der Waals surface area contributed by atoms with Crippen molar-refractivity contribution in [3.8, 4) is 0 Å². The first kappa shape index (κ1) is 26.2. The third-order valence-electron chi connectivity index (χ3n) is 7.99. The molecule has 3 N–H and O–H groups in total. The topological polar surface area (TPSA) is 120 Å². The zero-order chi connectivity index (χ0) is 28.2. The summed E-state index contributed by atoms with van der Waals surface area (Å²) < 4.78 is 2.17. The van der Waals surface area contributed by atoms with Gasteiger partial charge in [-0.3, -0.25) is 9.69 Å². The van der Waals surface area contributed by atoms with Crippen molar-refractivity contribution in [2.75, 3.05) is 23.8 Å². The lowest BCUT2D eigenvalue weighted by molar-refractivity contribution is 0.0878. The van der Waals surface area contributed by atoms with E-state index in [4.69, 9.17) is 0 Å². The first-order valence-electron chi connectivity index (χ1n) is 13.7. The molecular weight excluding hydrogens is 506 g/mol. The van der Waals surface area contributed by atoms with Gasteiger partial charge in [0.2, 0.25) is 0 Å². The normalized spacial score (nSPS) is 19.8. The molecule has 1 atom stereocenters. The number of aromatic nitrogens is 4. The Morgan fingerprint density at radius 2 is 1.95 bits per heavy atom. The zero-order valence-electron chi connectivity index (χ0n) is 23.3. The Kier molecular flexibility index (Phi) is 6.47. The van der Waals surface area contributed by atoms with Gasteiger partial charge in [-0.05, 0) is 53.7 Å². The van der Waals surface area contributed by atoms with Crippen molar-refractivity contribution in [1.29, 1.82) is 0 Å². The van der Waals surface area contributed by atoms with E-state index in [9.17, 15) is 15.0 Å². The van der Waals surface area contributed by atoms with Gasteiger partial charge in [0.1, 0.15) is 23.2 Å². The summed E-state index contributed by atoms with van der Waals surface area (Å²) in [6.07, 6.45) is 8.73. The maximum atomic E-state index is 13.7. The number of aliphatic hydroxyl groups excluding tert-OH is 2. The van der Waals surface area contributed by atoms with Crippen molar-refractivity contribution in [1.82, 2.24) is 24.4 Å². The van der Waals surface area contributed by atoms with Gasteiger partial charge in [-0.25, -0.2) is 15.0 Å². The molecule has 3 aromatic rings. The van der Waals surface area contributed by atoms with E-state index in [0.717, 1.165) is 24.0 Å². The van der Waals surface area contributed by atoms with Crippen LogP contribution in [-0.2, 0) is 32.4 Å². The summed E-state index contributed by atoms with van der Waals surface area (Å²) >= 11 is 0. The Bertz CT molecular complexity index is 1550. The van der Waals surface area contributed by atoms with Gasteiger partial charge < -0.3 is 25.0 Å². The number of amides is 1. The van der Waals surface area contributed by atoms with Crippen LogP contribution in [0.15, 0.2) is 48.6 Å². The molecule has 3 aromatic heterocycles. The number of rotatable bonds is 6. The van der Waals surface area contributed by atoms with Crippen LogP contribution in [0.25, 0.3) is 5.57 Å². The fraction of sp³-hybridized carbons (Fsp3) is 0.400. The SMILES string of the molecule is CCc1nccc(NC2=CC(c3ccnc(N4CCn5c(cc6c5CC(C)(C)C6)C4=O)c3CO)=CN(C)[C@@H]2O)n1. The highest BCUT2D eigenvalue weighted by molar-refractivity contribution is 6.06. The standard InChI is InChI=1S/C30H35N7O3/c1-5-25-31-9-7-26(34-25)33-22-12-19(16-35(4)28(22)39)20-6-8-32-27(21(20)17-38)37-11-10-36-23(29(37)40)13-18-14-30(2,3)15-24(18)36/h6-9,12-13,16,28,38-39H,5,10-11,14-15,17H2,1-4H3,(H,31,33,34)/t28-/m1/s1. The van der Waals surface area contributed by atoms with E-state index < -0.39 is 6.23 Å². The number of pyridine rings is 1. The van der Waals surface area contributed by atoms with Crippen LogP contribution >= 0.6 is 0 Å². The molecule has 5 heterocycles. The number of nitrogens with zero attached hydrogens (tertiary/aromatic N) is 6. The van der Waals surface area contributed by atoms with E-state index >= 15 is 0 Å². The molecule has 0 aromatic carbocycles. The zero-order valence-corrected chi connectivity index (χ0v) is 23.3. The Morgan fingerprint density at radius 1 is 1.15 bits per heavy atom. The molecule has 1 aliphatic carbocycles. The van der Waals surface area contributed by atoms with Gasteiger partial charge in [0.25, 0.3) is 5.91 Å². The van der Waals surface area contributed by atoms with Crippen molar-refractivity contribution >= 4 is 23.1 Å². The van der Waals surface area contributed by atoms with Crippen molar-refractivity contribution in [3.05, 3.63) is 82.5 Å². The molecule has 0 fully saturated rings. The number of fused-ring (bicyclic) bond motifs is 3. The monoisotopic (exact) mass is 541 g/mol. The molecular formula is C30H35N7O3. The molecule has 0 saturated carbocycles. The van der Waals surface area contributed by atoms with Crippen LogP contribution in [0.5, 0.6) is 0 Å². The Labute approximate surface area is 233 Å². The highest BCUT2D eigenvalue weighted by Crippen LogP contribution is 2.40. The van der Waals surface area contributed by atoms with Crippen LogP contribution < -0.4 is 10.2 Å². The van der Waals surface area contributed by atoms with Gasteiger partial charge in [0, 0.05) is 62.0 Å². The van der Waals surface area contributed by atoms with E-state index in [0.29, 0.717) is 53.9 Å². The Balaban J connectivity index is 1.33. The van der Waals surface area contributed by atoms with E-state index in [1.807, 2.05) is 31.3 Å². The molecule has 0 bridgehead atoms. The maximum absolute atomic E-state index is 13.7. The number of nitrogens with one attached hydrogen (secondary N) is 1. The van der Waals surface area contributed by atoms with Crippen LogP contribution in [0, 0.1) is 5.41 Å². The lowest BCUT2D eigenvalue weighted by Crippen LogP contribution is -2.42. The van der Waals surface area contributed by atoms with E-state index in [-0.39, 0.29) is 17.9 Å². The largest absolute Gasteiger partial charge is 0.392 e. The number of aryl methyl sites for hydroxylation is 1. The minimum atomic E-state index is -0.911. The third-order valence-corrected chi connectivity index (χ3v) is 7.99. The van der Waals surface area contributed by atoms with Gasteiger partial charge >= 0.3 is 0 Å². The second-order valence-corrected chi connectivity index (χ2v) is 11.5. The van der Waals surface area contributed by atoms with Crippen molar-refractivity contribution in [3.63, 3.8) is 0 Å². The number of likely N-dealkylation sites (N-methyl/N-ethyl adjacent to an activating group) is 1. The lowest BCUT2D eigenvalue weighted by Gasteiger charge is -2.32. The van der Waals surface area contributed by atoms with Crippen molar-refractivity contribution in [2.24, 2.45) is 5.41 Å². The number of carbonyl (C=O) groups is 1. The molecule has 0 radical (unpaired) electrons. The maximum Gasteiger partial charge on any atom is 0.276 e. The van der Waals surface area contributed by atoms with Crippen LogP contribution in [-0.4, -0.2) is 60.4 Å². The van der Waals surface area contributed by atoms with Crippen molar-refractivity contribution < 1.29 is 15.0 Å². The first-order chi connectivity index (χ1) is 19.2. The molecule has 6 rings (SSSR count). The van der Waals surface area contributed by atoms with Crippen molar-refractivity contribution in [2.45, 2.75) is 59.4 Å². The number of anilines is 2. The summed E-state index contributed by atoms with van der Waals surface area (Å²) in [5.41, 5.74) is 6.03. The highest BCUT2D eigenvalue weighted by Gasteiger charge is 2.37. The van der Waals surface area contributed by atoms with Gasteiger partial charge in [-0.15, -0.1) is 0 Å². The fourth-order valence-corrected chi connectivity index (χ4v) is 6.08. The predicted molar refractivity (Wildman–Crippen MR) is 152 cm³/mol. The average molecular weight is 542 g/mol. The number of aliphatic hydroxyl groups is 2. The fourth-order valence-electron chi connectivity index (χ4n) is 6.08. The molecule has 3 aliphatic rings. The molecule has 1 amide bonds. The second-order valence-electron chi connectivity index (χ2n) is 11.5. The first-order valence-corrected chi connectivity index (χ1v) is 13.7. The van der Waals surface area contributed by atoms with E-state index in [1.54, 1.807) is 35.3 Å². The molecule has 40 heavy (non-hydrogen) atoms. The second kappa shape index (κ2) is 9.87. The number of allylic oxidation sites excluding steroid dienone is 2. The van der Waals surface area contributed by atoms with Gasteiger partial charge in [-0.2, -0.15) is 0 Å². The van der Waals surface area contributed by atoms with Crippen LogP contribution in [0.4, 0.5) is 11.6 Å².